The molecule has 0 bridgehead atoms. The predicted molar refractivity (Wildman–Crippen MR) is 76.7 cm³/mol. The molecule has 1 aromatic carbocycles. The molecule has 2 aliphatic rings. The molecule has 1 saturated carbocycles. The van der Waals surface area contributed by atoms with Crippen LogP contribution in [0.15, 0.2) is 18.2 Å². The van der Waals surface area contributed by atoms with E-state index in [4.69, 9.17) is 18.9 Å². The third kappa shape index (κ3) is 2.61. The molecule has 1 saturated heterocycles. The van der Waals surface area contributed by atoms with Gasteiger partial charge in [0.1, 0.15) is 17.6 Å². The lowest BCUT2D eigenvalue weighted by Crippen LogP contribution is -2.28. The van der Waals surface area contributed by atoms with Crippen molar-refractivity contribution in [3.8, 4) is 11.5 Å². The van der Waals surface area contributed by atoms with Crippen LogP contribution >= 0.6 is 0 Å². The van der Waals surface area contributed by atoms with Gasteiger partial charge in [0.05, 0.1) is 26.4 Å². The van der Waals surface area contributed by atoms with Gasteiger partial charge in [-0.3, -0.25) is 0 Å². The maximum atomic E-state index is 10.2. The average molecular weight is 294 g/mol. The molecular weight excluding hydrogens is 272 g/mol. The van der Waals surface area contributed by atoms with E-state index in [1.165, 1.54) is 0 Å². The predicted octanol–water partition coefficient (Wildman–Crippen LogP) is 2.07. The van der Waals surface area contributed by atoms with Crippen molar-refractivity contribution in [3.63, 3.8) is 0 Å². The van der Waals surface area contributed by atoms with Crippen molar-refractivity contribution in [3.05, 3.63) is 23.8 Å². The summed E-state index contributed by atoms with van der Waals surface area (Å²) in [6, 6.07) is 5.77. The number of fused-ring (bicyclic) bond motifs is 1. The maximum Gasteiger partial charge on any atom is 0.163 e. The molecule has 1 aromatic rings. The molecule has 5 nitrogen and oxygen atoms in total. The van der Waals surface area contributed by atoms with E-state index in [2.05, 4.69) is 0 Å². The van der Waals surface area contributed by atoms with Crippen LogP contribution in [0.4, 0.5) is 0 Å². The van der Waals surface area contributed by atoms with E-state index < -0.39 is 11.9 Å². The number of methoxy groups -OCH3 is 2. The number of rotatable bonds is 3. The molecule has 116 valence electrons. The van der Waals surface area contributed by atoms with Gasteiger partial charge in [-0.05, 0) is 38.0 Å². The van der Waals surface area contributed by atoms with E-state index in [9.17, 15) is 5.11 Å². The van der Waals surface area contributed by atoms with Gasteiger partial charge in [-0.2, -0.15) is 0 Å². The molecule has 21 heavy (non-hydrogen) atoms. The van der Waals surface area contributed by atoms with E-state index in [-0.39, 0.29) is 18.1 Å². The minimum absolute atomic E-state index is 0.0655. The van der Waals surface area contributed by atoms with Crippen LogP contribution in [-0.4, -0.2) is 43.4 Å². The van der Waals surface area contributed by atoms with Crippen LogP contribution in [0.3, 0.4) is 0 Å². The van der Waals surface area contributed by atoms with Crippen LogP contribution in [0.1, 0.15) is 31.7 Å². The maximum absolute atomic E-state index is 10.2. The number of benzene rings is 1. The monoisotopic (exact) mass is 294 g/mol. The summed E-state index contributed by atoms with van der Waals surface area (Å²) in [6.07, 6.45) is -0.324. The van der Waals surface area contributed by atoms with Gasteiger partial charge >= 0.3 is 0 Å². The SMILES string of the molecule is COc1cc(OC)cc([C@H]2C[C@H](O)[C@@H]3OC(C)(C)O[C@@H]32)c1. The molecule has 2 fully saturated rings. The van der Waals surface area contributed by atoms with E-state index in [0.717, 1.165) is 17.1 Å². The number of ether oxygens (including phenoxy) is 4. The van der Waals surface area contributed by atoms with Gasteiger partial charge in [0.25, 0.3) is 0 Å². The minimum atomic E-state index is -0.655. The quantitative estimate of drug-likeness (QED) is 0.925. The Kier molecular flexibility index (Phi) is 3.59. The zero-order valence-corrected chi connectivity index (χ0v) is 12.8. The summed E-state index contributed by atoms with van der Waals surface area (Å²) >= 11 is 0. The lowest BCUT2D eigenvalue weighted by molar-refractivity contribution is -0.163. The first kappa shape index (κ1) is 14.6. The fraction of sp³-hybridized carbons (Fsp3) is 0.625. The molecule has 0 amide bonds. The largest absolute Gasteiger partial charge is 0.497 e. The van der Waals surface area contributed by atoms with E-state index in [1.807, 2.05) is 32.0 Å². The number of aliphatic hydroxyl groups is 1. The van der Waals surface area contributed by atoms with Gasteiger partial charge in [0.2, 0.25) is 0 Å². The highest BCUT2D eigenvalue weighted by Crippen LogP contribution is 2.47. The Morgan fingerprint density at radius 2 is 1.62 bits per heavy atom. The Balaban J connectivity index is 1.93. The van der Waals surface area contributed by atoms with Crippen LogP contribution in [0.25, 0.3) is 0 Å². The second kappa shape index (κ2) is 5.16. The first-order chi connectivity index (χ1) is 9.93. The third-order valence-corrected chi connectivity index (χ3v) is 4.24. The fourth-order valence-corrected chi connectivity index (χ4v) is 3.32. The van der Waals surface area contributed by atoms with E-state index >= 15 is 0 Å². The van der Waals surface area contributed by atoms with Crippen LogP contribution in [0.5, 0.6) is 11.5 Å². The summed E-state index contributed by atoms with van der Waals surface area (Å²) in [5, 5.41) is 10.2. The highest BCUT2D eigenvalue weighted by Gasteiger charge is 2.54. The Hall–Kier alpha value is -1.30. The van der Waals surface area contributed by atoms with Gasteiger partial charge in [-0.15, -0.1) is 0 Å². The highest BCUT2D eigenvalue weighted by atomic mass is 16.8. The van der Waals surface area contributed by atoms with Crippen molar-refractivity contribution >= 4 is 0 Å². The molecule has 1 N–H and O–H groups in total. The third-order valence-electron chi connectivity index (χ3n) is 4.24. The molecule has 5 heteroatoms. The molecule has 1 aliphatic heterocycles. The average Bonchev–Trinajstić information content (AvgIpc) is 2.93. The number of aliphatic hydroxyl groups excluding tert-OH is 1. The van der Waals surface area contributed by atoms with E-state index in [0.29, 0.717) is 6.42 Å². The second-order valence-corrected chi connectivity index (χ2v) is 6.12. The lowest BCUT2D eigenvalue weighted by atomic mass is 9.95. The van der Waals surface area contributed by atoms with Crippen molar-refractivity contribution in [2.24, 2.45) is 0 Å². The molecule has 1 aliphatic carbocycles. The van der Waals surface area contributed by atoms with Crippen molar-refractivity contribution in [2.75, 3.05) is 14.2 Å². The minimum Gasteiger partial charge on any atom is -0.497 e. The van der Waals surface area contributed by atoms with Crippen LogP contribution < -0.4 is 9.47 Å². The van der Waals surface area contributed by atoms with Gasteiger partial charge in [-0.25, -0.2) is 0 Å². The summed E-state index contributed by atoms with van der Waals surface area (Å²) in [5.74, 6) is 0.884. The molecule has 1 heterocycles. The Bertz CT molecular complexity index is 505. The summed E-state index contributed by atoms with van der Waals surface area (Å²) in [7, 11) is 3.26. The molecular formula is C16H22O5. The molecule has 0 radical (unpaired) electrons. The van der Waals surface area contributed by atoms with Crippen LogP contribution in [0.2, 0.25) is 0 Å². The Labute approximate surface area is 124 Å². The summed E-state index contributed by atoms with van der Waals surface area (Å²) < 4.78 is 22.5. The van der Waals surface area contributed by atoms with Crippen LogP contribution in [-0.2, 0) is 9.47 Å². The first-order valence-corrected chi connectivity index (χ1v) is 7.20. The number of hydrogen-bond acceptors (Lipinski definition) is 5. The topological polar surface area (TPSA) is 57.2 Å². The Morgan fingerprint density at radius 3 is 2.19 bits per heavy atom. The van der Waals surface area contributed by atoms with Crippen LogP contribution in [0, 0.1) is 0 Å². The zero-order chi connectivity index (χ0) is 15.2. The van der Waals surface area contributed by atoms with Gasteiger partial charge in [0, 0.05) is 12.0 Å². The van der Waals surface area contributed by atoms with Crippen molar-refractivity contribution in [1.82, 2.24) is 0 Å². The zero-order valence-electron chi connectivity index (χ0n) is 12.8. The summed E-state index contributed by atoms with van der Waals surface area (Å²) in [4.78, 5) is 0. The normalized spacial score (nSPS) is 33.8. The van der Waals surface area contributed by atoms with E-state index in [1.54, 1.807) is 14.2 Å². The summed E-state index contributed by atoms with van der Waals surface area (Å²) in [6.45, 7) is 3.75. The molecule has 0 aromatic heterocycles. The Morgan fingerprint density at radius 1 is 1.05 bits per heavy atom. The molecule has 4 atom stereocenters. The van der Waals surface area contributed by atoms with Crippen molar-refractivity contribution in [1.29, 1.82) is 0 Å². The fourth-order valence-electron chi connectivity index (χ4n) is 3.32. The van der Waals surface area contributed by atoms with Gasteiger partial charge in [-0.1, -0.05) is 0 Å². The smallest absolute Gasteiger partial charge is 0.163 e. The van der Waals surface area contributed by atoms with Crippen molar-refractivity contribution < 1.29 is 24.1 Å². The molecule has 0 spiro atoms. The van der Waals surface area contributed by atoms with Crippen molar-refractivity contribution in [2.45, 2.75) is 50.3 Å². The highest BCUT2D eigenvalue weighted by molar-refractivity contribution is 5.41. The molecule has 0 unspecified atom stereocenters. The molecule has 3 rings (SSSR count). The number of hydrogen-bond donors (Lipinski definition) is 1. The lowest BCUT2D eigenvalue weighted by Gasteiger charge is -2.23. The van der Waals surface area contributed by atoms with Gasteiger partial charge in [0.15, 0.2) is 5.79 Å². The second-order valence-electron chi connectivity index (χ2n) is 6.12. The standard InChI is InChI=1S/C16H22O5/c1-16(2)20-14-12(8-13(17)15(14)21-16)9-5-10(18-3)7-11(6-9)19-4/h5-7,12-15,17H,8H2,1-4H3/t12-,13+,14-,15+/m1/s1. The van der Waals surface area contributed by atoms with Gasteiger partial charge < -0.3 is 24.1 Å². The first-order valence-electron chi connectivity index (χ1n) is 7.20. The summed E-state index contributed by atoms with van der Waals surface area (Å²) in [5.41, 5.74) is 1.04.